The van der Waals surface area contributed by atoms with Crippen molar-refractivity contribution < 1.29 is 19.0 Å². The number of methoxy groups -OCH3 is 2. The Balaban J connectivity index is 2.21. The molecule has 0 saturated heterocycles. The van der Waals surface area contributed by atoms with Crippen molar-refractivity contribution in [1.82, 2.24) is 0 Å². The zero-order chi connectivity index (χ0) is 19.8. The van der Waals surface area contributed by atoms with Crippen LogP contribution in [0.5, 0.6) is 17.2 Å². The highest BCUT2D eigenvalue weighted by Crippen LogP contribution is 2.28. The van der Waals surface area contributed by atoms with Crippen molar-refractivity contribution in [1.29, 1.82) is 5.26 Å². The normalized spacial score (nSPS) is 10.9. The molecule has 140 valence electrons. The molecule has 0 aliphatic heterocycles. The number of anilines is 1. The van der Waals surface area contributed by atoms with Crippen molar-refractivity contribution in [2.24, 2.45) is 0 Å². The lowest BCUT2D eigenvalue weighted by Gasteiger charge is -2.11. The van der Waals surface area contributed by atoms with Gasteiger partial charge in [-0.05, 0) is 49.8 Å². The lowest BCUT2D eigenvalue weighted by molar-refractivity contribution is -0.112. The molecule has 0 saturated carbocycles. The van der Waals surface area contributed by atoms with Crippen LogP contribution in [0, 0.1) is 11.3 Å². The molecule has 0 radical (unpaired) electrons. The number of nitrogens with one attached hydrogen (secondary N) is 1. The fraction of sp³-hybridized carbons (Fsp3) is 0.238. The molecule has 0 atom stereocenters. The fourth-order valence-electron chi connectivity index (χ4n) is 2.38. The average Bonchev–Trinajstić information content (AvgIpc) is 2.65. The van der Waals surface area contributed by atoms with Crippen LogP contribution in [-0.4, -0.2) is 26.2 Å². The molecule has 0 unspecified atom stereocenters. The minimum atomic E-state index is -0.506. The third-order valence-electron chi connectivity index (χ3n) is 3.55. The Labute approximate surface area is 159 Å². The predicted molar refractivity (Wildman–Crippen MR) is 104 cm³/mol. The van der Waals surface area contributed by atoms with Crippen LogP contribution >= 0.6 is 0 Å². The third kappa shape index (κ3) is 5.51. The number of hydrogen-bond acceptors (Lipinski definition) is 5. The van der Waals surface area contributed by atoms with Gasteiger partial charge in [0.1, 0.15) is 17.4 Å². The van der Waals surface area contributed by atoms with Gasteiger partial charge >= 0.3 is 0 Å². The summed E-state index contributed by atoms with van der Waals surface area (Å²) in [6.45, 7) is 3.84. The molecule has 2 aromatic carbocycles. The number of nitrogens with zero attached hydrogens (tertiary/aromatic N) is 1. The van der Waals surface area contributed by atoms with Crippen LogP contribution in [0.1, 0.15) is 19.4 Å². The lowest BCUT2D eigenvalue weighted by Crippen LogP contribution is -2.13. The van der Waals surface area contributed by atoms with Crippen LogP contribution in [-0.2, 0) is 4.79 Å². The van der Waals surface area contributed by atoms with E-state index in [9.17, 15) is 10.1 Å². The molecule has 0 aromatic heterocycles. The molecular formula is C21H22N2O4. The van der Waals surface area contributed by atoms with Gasteiger partial charge in [0.15, 0.2) is 11.5 Å². The quantitative estimate of drug-likeness (QED) is 0.591. The second-order valence-corrected chi connectivity index (χ2v) is 5.93. The summed E-state index contributed by atoms with van der Waals surface area (Å²) in [5.74, 6) is 1.22. The Morgan fingerprint density at radius 2 is 1.85 bits per heavy atom. The maximum absolute atomic E-state index is 12.5. The largest absolute Gasteiger partial charge is 0.493 e. The summed E-state index contributed by atoms with van der Waals surface area (Å²) >= 11 is 0. The zero-order valence-electron chi connectivity index (χ0n) is 15.8. The Kier molecular flexibility index (Phi) is 6.84. The first kappa shape index (κ1) is 19.9. The molecule has 2 aromatic rings. The number of hydrogen-bond donors (Lipinski definition) is 1. The van der Waals surface area contributed by atoms with Gasteiger partial charge in [0.2, 0.25) is 0 Å². The highest BCUT2D eigenvalue weighted by molar-refractivity contribution is 6.09. The first-order valence-electron chi connectivity index (χ1n) is 8.38. The van der Waals surface area contributed by atoms with E-state index in [0.717, 1.165) is 0 Å². The maximum atomic E-state index is 12.5. The SMILES string of the molecule is COc1ccc(/C=C(/C#N)C(=O)Nc2cccc(OC(C)C)c2)cc1OC. The lowest BCUT2D eigenvalue weighted by atomic mass is 10.1. The van der Waals surface area contributed by atoms with Crippen LogP contribution in [0.2, 0.25) is 0 Å². The Hall–Kier alpha value is -3.46. The van der Waals surface area contributed by atoms with Crippen LogP contribution in [0.4, 0.5) is 5.69 Å². The zero-order valence-corrected chi connectivity index (χ0v) is 15.8. The predicted octanol–water partition coefficient (Wildman–Crippen LogP) is 4.04. The summed E-state index contributed by atoms with van der Waals surface area (Å²) in [5.41, 5.74) is 1.17. The van der Waals surface area contributed by atoms with Gasteiger partial charge in [0.25, 0.3) is 5.91 Å². The molecule has 27 heavy (non-hydrogen) atoms. The number of amides is 1. The van der Waals surface area contributed by atoms with Crippen LogP contribution < -0.4 is 19.5 Å². The molecule has 6 nitrogen and oxygen atoms in total. The molecular weight excluding hydrogens is 344 g/mol. The third-order valence-corrected chi connectivity index (χ3v) is 3.55. The van der Waals surface area contributed by atoms with E-state index in [0.29, 0.717) is 28.5 Å². The summed E-state index contributed by atoms with van der Waals surface area (Å²) < 4.78 is 16.0. The number of rotatable bonds is 7. The standard InChI is InChI=1S/C21H22N2O4/c1-14(2)27-18-7-5-6-17(12-18)23-21(24)16(13-22)10-15-8-9-19(25-3)20(11-15)26-4/h5-12,14H,1-4H3,(H,23,24)/b16-10-. The monoisotopic (exact) mass is 366 g/mol. The number of ether oxygens (including phenoxy) is 3. The molecule has 1 amide bonds. The van der Waals surface area contributed by atoms with Crippen molar-refractivity contribution in [3.63, 3.8) is 0 Å². The Bertz CT molecular complexity index is 882. The van der Waals surface area contributed by atoms with E-state index < -0.39 is 5.91 Å². The molecule has 0 aliphatic carbocycles. The highest BCUT2D eigenvalue weighted by Gasteiger charge is 2.11. The average molecular weight is 366 g/mol. The number of benzene rings is 2. The molecule has 6 heteroatoms. The van der Waals surface area contributed by atoms with Gasteiger partial charge in [0, 0.05) is 11.8 Å². The van der Waals surface area contributed by atoms with Crippen molar-refractivity contribution in [3.05, 3.63) is 53.6 Å². The van der Waals surface area contributed by atoms with E-state index in [1.165, 1.54) is 13.2 Å². The molecule has 0 spiro atoms. The molecule has 0 aliphatic rings. The number of nitriles is 1. The van der Waals surface area contributed by atoms with E-state index in [2.05, 4.69) is 5.32 Å². The Morgan fingerprint density at radius 3 is 2.48 bits per heavy atom. The summed E-state index contributed by atoms with van der Waals surface area (Å²) in [6.07, 6.45) is 1.52. The van der Waals surface area contributed by atoms with Gasteiger partial charge in [-0.25, -0.2) is 0 Å². The summed E-state index contributed by atoms with van der Waals surface area (Å²) in [6, 6.07) is 14.1. The van der Waals surface area contributed by atoms with Gasteiger partial charge < -0.3 is 19.5 Å². The van der Waals surface area contributed by atoms with E-state index in [4.69, 9.17) is 14.2 Å². The number of carbonyl (C=O) groups is 1. The van der Waals surface area contributed by atoms with Crippen molar-refractivity contribution >= 4 is 17.7 Å². The van der Waals surface area contributed by atoms with Crippen molar-refractivity contribution in [2.45, 2.75) is 20.0 Å². The van der Waals surface area contributed by atoms with E-state index in [1.807, 2.05) is 19.9 Å². The van der Waals surface area contributed by atoms with E-state index >= 15 is 0 Å². The van der Waals surface area contributed by atoms with Gasteiger partial charge in [-0.15, -0.1) is 0 Å². The molecule has 0 fully saturated rings. The van der Waals surface area contributed by atoms with Gasteiger partial charge in [-0.2, -0.15) is 5.26 Å². The van der Waals surface area contributed by atoms with Crippen molar-refractivity contribution in [2.75, 3.05) is 19.5 Å². The van der Waals surface area contributed by atoms with Crippen LogP contribution in [0.15, 0.2) is 48.0 Å². The minimum Gasteiger partial charge on any atom is -0.493 e. The smallest absolute Gasteiger partial charge is 0.266 e. The van der Waals surface area contributed by atoms with Gasteiger partial charge in [0.05, 0.1) is 20.3 Å². The van der Waals surface area contributed by atoms with E-state index in [-0.39, 0.29) is 11.7 Å². The second-order valence-electron chi connectivity index (χ2n) is 5.93. The Morgan fingerprint density at radius 1 is 1.11 bits per heavy atom. The summed E-state index contributed by atoms with van der Waals surface area (Å²) in [5, 5.41) is 12.1. The fourth-order valence-corrected chi connectivity index (χ4v) is 2.38. The van der Waals surface area contributed by atoms with E-state index in [1.54, 1.807) is 49.6 Å². The van der Waals surface area contributed by atoms with Crippen LogP contribution in [0.3, 0.4) is 0 Å². The molecule has 0 heterocycles. The molecule has 0 bridgehead atoms. The first-order valence-corrected chi connectivity index (χ1v) is 8.38. The summed E-state index contributed by atoms with van der Waals surface area (Å²) in [4.78, 5) is 12.5. The summed E-state index contributed by atoms with van der Waals surface area (Å²) in [7, 11) is 3.06. The van der Waals surface area contributed by atoms with Gasteiger partial charge in [-0.3, -0.25) is 4.79 Å². The van der Waals surface area contributed by atoms with Crippen LogP contribution in [0.25, 0.3) is 6.08 Å². The highest BCUT2D eigenvalue weighted by atomic mass is 16.5. The van der Waals surface area contributed by atoms with Gasteiger partial charge in [-0.1, -0.05) is 12.1 Å². The maximum Gasteiger partial charge on any atom is 0.266 e. The second kappa shape index (κ2) is 9.30. The molecule has 1 N–H and O–H groups in total. The number of carbonyl (C=O) groups excluding carboxylic acids is 1. The molecule has 2 rings (SSSR count). The van der Waals surface area contributed by atoms with Crippen molar-refractivity contribution in [3.8, 4) is 23.3 Å². The topological polar surface area (TPSA) is 80.6 Å². The first-order chi connectivity index (χ1) is 13.0. The minimum absolute atomic E-state index is 0.0237.